The highest BCUT2D eigenvalue weighted by Gasteiger charge is 2.13. The number of carbonyl (C=O) groups is 1. The van der Waals surface area contributed by atoms with Gasteiger partial charge < -0.3 is 14.8 Å². The molecule has 2 N–H and O–H groups in total. The van der Waals surface area contributed by atoms with Gasteiger partial charge in [-0.05, 0) is 69.2 Å². The molecule has 0 unspecified atom stereocenters. The normalized spacial score (nSPS) is 11.1. The molecule has 0 fully saturated rings. The van der Waals surface area contributed by atoms with Crippen molar-refractivity contribution in [2.24, 2.45) is 0 Å². The predicted molar refractivity (Wildman–Crippen MR) is 121 cm³/mol. The number of oxazole rings is 1. The van der Waals surface area contributed by atoms with Gasteiger partial charge in [0.1, 0.15) is 11.3 Å². The summed E-state index contributed by atoms with van der Waals surface area (Å²) in [6, 6.07) is 23.8. The number of phenolic OH excluding ortho intramolecular Hbond substituents is 1. The maximum atomic E-state index is 12.9. The molecule has 5 aromatic rings. The minimum absolute atomic E-state index is 0.147. The minimum atomic E-state index is -0.183. The SMILES string of the molecule is O=C(Nc1ccc2oc(-c3ccc(O)c(Br)c3)nc2c1)c1cccc2ccccc12. The van der Waals surface area contributed by atoms with Crippen LogP contribution >= 0.6 is 15.9 Å². The lowest BCUT2D eigenvalue weighted by molar-refractivity contribution is 0.102. The van der Waals surface area contributed by atoms with E-state index in [4.69, 9.17) is 4.42 Å². The van der Waals surface area contributed by atoms with Crippen LogP contribution in [0.1, 0.15) is 10.4 Å². The Kier molecular flexibility index (Phi) is 4.48. The van der Waals surface area contributed by atoms with Crippen LogP contribution in [0.5, 0.6) is 5.75 Å². The number of halogens is 1. The highest BCUT2D eigenvalue weighted by molar-refractivity contribution is 9.10. The van der Waals surface area contributed by atoms with Crippen molar-refractivity contribution < 1.29 is 14.3 Å². The second kappa shape index (κ2) is 7.31. The fourth-order valence-corrected chi connectivity index (χ4v) is 3.77. The second-order valence-corrected chi connectivity index (χ2v) is 7.70. The first-order valence-electron chi connectivity index (χ1n) is 9.27. The highest BCUT2D eigenvalue weighted by atomic mass is 79.9. The number of aromatic hydroxyl groups is 1. The molecule has 0 spiro atoms. The molecule has 0 radical (unpaired) electrons. The molecular weight excluding hydrogens is 444 g/mol. The zero-order valence-corrected chi connectivity index (χ0v) is 17.2. The lowest BCUT2D eigenvalue weighted by atomic mass is 10.0. The smallest absolute Gasteiger partial charge is 0.256 e. The Bertz CT molecular complexity index is 1420. The number of phenols is 1. The molecule has 5 nitrogen and oxygen atoms in total. The standard InChI is InChI=1S/C24H15BrN2O3/c25-19-12-15(8-10-21(19)28)24-27-20-13-16(9-11-22(20)30-24)26-23(29)18-7-3-5-14-4-1-2-6-17(14)18/h1-13,28H,(H,26,29). The summed E-state index contributed by atoms with van der Waals surface area (Å²) in [6.45, 7) is 0. The number of carbonyl (C=O) groups excluding carboxylic acids is 1. The largest absolute Gasteiger partial charge is 0.507 e. The van der Waals surface area contributed by atoms with Crippen molar-refractivity contribution in [3.63, 3.8) is 0 Å². The molecule has 1 amide bonds. The lowest BCUT2D eigenvalue weighted by Gasteiger charge is -2.08. The number of nitrogens with zero attached hydrogens (tertiary/aromatic N) is 1. The van der Waals surface area contributed by atoms with E-state index in [0.29, 0.717) is 32.7 Å². The number of aromatic nitrogens is 1. The molecule has 4 aromatic carbocycles. The Morgan fingerprint density at radius 3 is 2.67 bits per heavy atom. The number of nitrogens with one attached hydrogen (secondary N) is 1. The average molecular weight is 459 g/mol. The molecule has 1 heterocycles. The van der Waals surface area contributed by atoms with E-state index in [9.17, 15) is 9.90 Å². The molecule has 30 heavy (non-hydrogen) atoms. The van der Waals surface area contributed by atoms with Crippen LogP contribution in [0, 0.1) is 0 Å². The van der Waals surface area contributed by atoms with E-state index in [0.717, 1.165) is 16.3 Å². The average Bonchev–Trinajstić information content (AvgIpc) is 3.18. The van der Waals surface area contributed by atoms with Gasteiger partial charge in [0.05, 0.1) is 4.47 Å². The molecule has 1 aromatic heterocycles. The molecule has 0 aliphatic rings. The number of hydrogen-bond donors (Lipinski definition) is 2. The number of rotatable bonds is 3. The summed E-state index contributed by atoms with van der Waals surface area (Å²) in [5.74, 6) is 0.397. The molecule has 0 bridgehead atoms. The summed E-state index contributed by atoms with van der Waals surface area (Å²) in [7, 11) is 0. The topological polar surface area (TPSA) is 75.4 Å². The maximum absolute atomic E-state index is 12.9. The van der Waals surface area contributed by atoms with Crippen molar-refractivity contribution in [1.82, 2.24) is 4.98 Å². The first-order valence-corrected chi connectivity index (χ1v) is 10.1. The summed E-state index contributed by atoms with van der Waals surface area (Å²) >= 11 is 3.30. The van der Waals surface area contributed by atoms with Gasteiger partial charge in [-0.1, -0.05) is 36.4 Å². The van der Waals surface area contributed by atoms with E-state index in [2.05, 4.69) is 26.2 Å². The number of anilines is 1. The van der Waals surface area contributed by atoms with Crippen LogP contribution in [-0.2, 0) is 0 Å². The van der Waals surface area contributed by atoms with Crippen molar-refractivity contribution in [2.75, 3.05) is 5.32 Å². The summed E-state index contributed by atoms with van der Waals surface area (Å²) in [4.78, 5) is 17.4. The van der Waals surface area contributed by atoms with Gasteiger partial charge in [0, 0.05) is 16.8 Å². The minimum Gasteiger partial charge on any atom is -0.507 e. The van der Waals surface area contributed by atoms with Crippen molar-refractivity contribution in [2.45, 2.75) is 0 Å². The monoisotopic (exact) mass is 458 g/mol. The van der Waals surface area contributed by atoms with Crippen LogP contribution in [0.25, 0.3) is 33.3 Å². The van der Waals surface area contributed by atoms with E-state index in [1.54, 1.807) is 36.4 Å². The number of benzene rings is 4. The lowest BCUT2D eigenvalue weighted by Crippen LogP contribution is -2.12. The van der Waals surface area contributed by atoms with E-state index in [1.807, 2.05) is 42.5 Å². The molecule has 0 aliphatic carbocycles. The number of hydrogen-bond acceptors (Lipinski definition) is 4. The quantitative estimate of drug-likeness (QED) is 0.329. The Balaban J connectivity index is 1.46. The Morgan fingerprint density at radius 1 is 0.967 bits per heavy atom. The van der Waals surface area contributed by atoms with Crippen LogP contribution in [-0.4, -0.2) is 16.0 Å². The van der Waals surface area contributed by atoms with Gasteiger partial charge in [-0.15, -0.1) is 0 Å². The third kappa shape index (κ3) is 3.31. The van der Waals surface area contributed by atoms with Crippen LogP contribution < -0.4 is 5.32 Å². The molecule has 0 saturated carbocycles. The van der Waals surface area contributed by atoms with Crippen LogP contribution in [0.2, 0.25) is 0 Å². The van der Waals surface area contributed by atoms with Gasteiger partial charge in [0.25, 0.3) is 5.91 Å². The summed E-state index contributed by atoms with van der Waals surface area (Å²) in [5.41, 5.74) is 3.22. The number of amides is 1. The van der Waals surface area contributed by atoms with Crippen molar-refractivity contribution in [3.8, 4) is 17.2 Å². The van der Waals surface area contributed by atoms with Gasteiger partial charge in [0.15, 0.2) is 5.58 Å². The maximum Gasteiger partial charge on any atom is 0.256 e. The van der Waals surface area contributed by atoms with Crippen molar-refractivity contribution >= 4 is 49.4 Å². The van der Waals surface area contributed by atoms with Gasteiger partial charge in [-0.2, -0.15) is 0 Å². The molecule has 0 atom stereocenters. The first-order chi connectivity index (χ1) is 14.6. The Hall–Kier alpha value is -3.64. The fourth-order valence-electron chi connectivity index (χ4n) is 3.39. The third-order valence-electron chi connectivity index (χ3n) is 4.87. The van der Waals surface area contributed by atoms with Crippen LogP contribution in [0.4, 0.5) is 5.69 Å². The van der Waals surface area contributed by atoms with Crippen LogP contribution in [0.15, 0.2) is 87.8 Å². The van der Waals surface area contributed by atoms with E-state index in [-0.39, 0.29) is 11.7 Å². The first kappa shape index (κ1) is 18.4. The zero-order chi connectivity index (χ0) is 20.7. The molecule has 146 valence electrons. The predicted octanol–water partition coefficient (Wildman–Crippen LogP) is 6.37. The zero-order valence-electron chi connectivity index (χ0n) is 15.6. The highest BCUT2D eigenvalue weighted by Crippen LogP contribution is 2.32. The third-order valence-corrected chi connectivity index (χ3v) is 5.51. The second-order valence-electron chi connectivity index (χ2n) is 6.85. The Morgan fingerprint density at radius 2 is 1.80 bits per heavy atom. The van der Waals surface area contributed by atoms with E-state index < -0.39 is 0 Å². The molecule has 6 heteroatoms. The van der Waals surface area contributed by atoms with E-state index in [1.165, 1.54) is 0 Å². The summed E-state index contributed by atoms with van der Waals surface area (Å²) in [5, 5.41) is 14.5. The molecule has 0 aliphatic heterocycles. The summed E-state index contributed by atoms with van der Waals surface area (Å²) < 4.78 is 6.39. The molecule has 0 saturated heterocycles. The van der Waals surface area contributed by atoms with Crippen LogP contribution in [0.3, 0.4) is 0 Å². The van der Waals surface area contributed by atoms with Crippen molar-refractivity contribution in [3.05, 3.63) is 88.9 Å². The van der Waals surface area contributed by atoms with Gasteiger partial charge in [-0.3, -0.25) is 4.79 Å². The molecule has 5 rings (SSSR count). The van der Waals surface area contributed by atoms with E-state index >= 15 is 0 Å². The van der Waals surface area contributed by atoms with Gasteiger partial charge in [0.2, 0.25) is 5.89 Å². The number of fused-ring (bicyclic) bond motifs is 2. The summed E-state index contributed by atoms with van der Waals surface area (Å²) in [6.07, 6.45) is 0. The van der Waals surface area contributed by atoms with Crippen molar-refractivity contribution in [1.29, 1.82) is 0 Å². The van der Waals surface area contributed by atoms with Gasteiger partial charge >= 0.3 is 0 Å². The fraction of sp³-hybridized carbons (Fsp3) is 0. The molecular formula is C24H15BrN2O3. The Labute approximate surface area is 180 Å². The van der Waals surface area contributed by atoms with Gasteiger partial charge in [-0.25, -0.2) is 4.98 Å².